The van der Waals surface area contributed by atoms with Crippen LogP contribution < -0.4 is 14.2 Å². The first kappa shape index (κ1) is 25.4. The van der Waals surface area contributed by atoms with Crippen molar-refractivity contribution in [2.24, 2.45) is 0 Å². The fourth-order valence-electron chi connectivity index (χ4n) is 3.40. The lowest BCUT2D eigenvalue weighted by Gasteiger charge is -2.30. The van der Waals surface area contributed by atoms with Crippen LogP contribution in [0.4, 0.5) is 0 Å². The highest BCUT2D eigenvalue weighted by Crippen LogP contribution is 2.35. The standard InChI is InChI=1S/C22H26Cl2N2O4.ClH/c1-25(10-7-15-5-6-19(28-2)20(11-15)29-3)8-4-9-26-14-30-21-17(22(26)27)12-16(23)13-18(21)24;/h5-6,11-13H,4,7-10,14H2,1-3H3;1H. The SMILES string of the molecule is COc1ccc(CCN(C)CCCN2COc3c(Cl)cc(Cl)cc3C2=O)cc1OC.Cl. The van der Waals surface area contributed by atoms with Gasteiger partial charge in [-0.2, -0.15) is 0 Å². The van der Waals surface area contributed by atoms with Crippen molar-refractivity contribution in [1.29, 1.82) is 0 Å². The Morgan fingerprint density at radius 3 is 2.55 bits per heavy atom. The van der Waals surface area contributed by atoms with E-state index in [1.54, 1.807) is 31.3 Å². The molecule has 1 aliphatic heterocycles. The second-order valence-corrected chi connectivity index (χ2v) is 8.05. The van der Waals surface area contributed by atoms with Crippen LogP contribution in [0.1, 0.15) is 22.3 Å². The van der Waals surface area contributed by atoms with Gasteiger partial charge in [0.15, 0.2) is 24.0 Å². The van der Waals surface area contributed by atoms with Crippen LogP contribution in [0.2, 0.25) is 10.0 Å². The van der Waals surface area contributed by atoms with Crippen molar-refractivity contribution in [2.75, 3.05) is 47.6 Å². The van der Waals surface area contributed by atoms with Gasteiger partial charge in [-0.15, -0.1) is 12.4 Å². The minimum atomic E-state index is -0.103. The molecule has 31 heavy (non-hydrogen) atoms. The van der Waals surface area contributed by atoms with Crippen molar-refractivity contribution in [3.63, 3.8) is 0 Å². The molecule has 1 amide bonds. The summed E-state index contributed by atoms with van der Waals surface area (Å²) >= 11 is 12.2. The molecule has 0 atom stereocenters. The van der Waals surface area contributed by atoms with E-state index in [1.165, 1.54) is 5.56 Å². The molecule has 3 rings (SSSR count). The molecule has 2 aromatic carbocycles. The zero-order valence-electron chi connectivity index (χ0n) is 17.8. The zero-order chi connectivity index (χ0) is 21.7. The van der Waals surface area contributed by atoms with Gasteiger partial charge in [0.2, 0.25) is 0 Å². The molecule has 0 aliphatic carbocycles. The van der Waals surface area contributed by atoms with Crippen LogP contribution in [0.5, 0.6) is 17.2 Å². The van der Waals surface area contributed by atoms with Gasteiger partial charge in [0.1, 0.15) is 0 Å². The van der Waals surface area contributed by atoms with E-state index in [-0.39, 0.29) is 25.0 Å². The number of ether oxygens (including phenoxy) is 3. The van der Waals surface area contributed by atoms with Gasteiger partial charge in [0.25, 0.3) is 5.91 Å². The fraction of sp³-hybridized carbons (Fsp3) is 0.409. The Kier molecular flexibility index (Phi) is 9.56. The lowest BCUT2D eigenvalue weighted by molar-refractivity contribution is 0.0512. The van der Waals surface area contributed by atoms with E-state index in [1.807, 2.05) is 18.2 Å². The van der Waals surface area contributed by atoms with Crippen molar-refractivity contribution in [2.45, 2.75) is 12.8 Å². The molecule has 2 aromatic rings. The van der Waals surface area contributed by atoms with Crippen LogP contribution in [0.15, 0.2) is 30.3 Å². The number of rotatable bonds is 9. The molecule has 0 saturated heterocycles. The van der Waals surface area contributed by atoms with Gasteiger partial charge in [-0.25, -0.2) is 0 Å². The summed E-state index contributed by atoms with van der Waals surface area (Å²) in [6, 6.07) is 9.16. The lowest BCUT2D eigenvalue weighted by atomic mass is 10.1. The molecule has 6 nitrogen and oxygen atoms in total. The maximum Gasteiger partial charge on any atom is 0.260 e. The predicted molar refractivity (Wildman–Crippen MR) is 126 cm³/mol. The Morgan fingerprint density at radius 1 is 1.10 bits per heavy atom. The normalized spacial score (nSPS) is 12.8. The molecule has 0 radical (unpaired) electrons. The predicted octanol–water partition coefficient (Wildman–Crippen LogP) is 4.79. The molecule has 0 saturated carbocycles. The molecule has 1 aliphatic rings. The van der Waals surface area contributed by atoms with Crippen molar-refractivity contribution in [3.05, 3.63) is 51.5 Å². The summed E-state index contributed by atoms with van der Waals surface area (Å²) < 4.78 is 16.3. The lowest BCUT2D eigenvalue weighted by Crippen LogP contribution is -2.40. The molecule has 0 aromatic heterocycles. The summed E-state index contributed by atoms with van der Waals surface area (Å²) in [6.45, 7) is 2.56. The first-order chi connectivity index (χ1) is 14.4. The number of benzene rings is 2. The zero-order valence-corrected chi connectivity index (χ0v) is 20.1. The van der Waals surface area contributed by atoms with Gasteiger partial charge in [-0.3, -0.25) is 4.79 Å². The van der Waals surface area contributed by atoms with E-state index in [0.717, 1.165) is 37.4 Å². The van der Waals surface area contributed by atoms with Gasteiger partial charge < -0.3 is 24.0 Å². The average molecular weight is 490 g/mol. The van der Waals surface area contributed by atoms with E-state index in [0.29, 0.717) is 27.9 Å². The fourth-order valence-corrected chi connectivity index (χ4v) is 3.95. The number of likely N-dealkylation sites (N-methyl/N-ethyl adjacent to an activating group) is 1. The second kappa shape index (κ2) is 11.7. The van der Waals surface area contributed by atoms with Crippen molar-refractivity contribution in [3.8, 4) is 17.2 Å². The highest BCUT2D eigenvalue weighted by atomic mass is 35.5. The molecule has 0 bridgehead atoms. The molecule has 0 unspecified atom stereocenters. The summed E-state index contributed by atoms with van der Waals surface area (Å²) in [5, 5.41) is 0.785. The number of amides is 1. The van der Waals surface area contributed by atoms with Gasteiger partial charge >= 0.3 is 0 Å². The first-order valence-electron chi connectivity index (χ1n) is 9.73. The summed E-state index contributed by atoms with van der Waals surface area (Å²) in [6.07, 6.45) is 1.73. The minimum absolute atomic E-state index is 0. The highest BCUT2D eigenvalue weighted by molar-refractivity contribution is 6.36. The molecule has 0 spiro atoms. The molecule has 0 fully saturated rings. The number of methoxy groups -OCH3 is 2. The number of carbonyl (C=O) groups is 1. The number of nitrogens with zero attached hydrogens (tertiary/aromatic N) is 2. The Balaban J connectivity index is 0.00000341. The van der Waals surface area contributed by atoms with Crippen LogP contribution in [-0.4, -0.2) is 63.3 Å². The number of hydrogen-bond donors (Lipinski definition) is 0. The van der Waals surface area contributed by atoms with Crippen LogP contribution >= 0.6 is 35.6 Å². The van der Waals surface area contributed by atoms with E-state index in [4.69, 9.17) is 37.4 Å². The third-order valence-corrected chi connectivity index (χ3v) is 5.59. The van der Waals surface area contributed by atoms with Gasteiger partial charge in [0.05, 0.1) is 24.8 Å². The van der Waals surface area contributed by atoms with Crippen molar-refractivity contribution < 1.29 is 19.0 Å². The van der Waals surface area contributed by atoms with Crippen molar-refractivity contribution >= 4 is 41.5 Å². The molecule has 0 N–H and O–H groups in total. The Hall–Kier alpha value is -1.86. The number of halogens is 3. The summed E-state index contributed by atoms with van der Waals surface area (Å²) in [7, 11) is 5.34. The Labute approximate surface area is 199 Å². The van der Waals surface area contributed by atoms with Crippen LogP contribution in [0.3, 0.4) is 0 Å². The summed E-state index contributed by atoms with van der Waals surface area (Å²) in [5.74, 6) is 1.77. The molecule has 170 valence electrons. The van der Waals surface area contributed by atoms with E-state index in [9.17, 15) is 4.79 Å². The van der Waals surface area contributed by atoms with Crippen LogP contribution in [-0.2, 0) is 6.42 Å². The van der Waals surface area contributed by atoms with Gasteiger partial charge in [-0.05, 0) is 56.3 Å². The molecular weight excluding hydrogens is 463 g/mol. The van der Waals surface area contributed by atoms with Gasteiger partial charge in [-0.1, -0.05) is 29.3 Å². The van der Waals surface area contributed by atoms with E-state index in [2.05, 4.69) is 11.9 Å². The third kappa shape index (κ3) is 6.32. The first-order valence-corrected chi connectivity index (χ1v) is 10.5. The molecule has 9 heteroatoms. The van der Waals surface area contributed by atoms with Crippen molar-refractivity contribution in [1.82, 2.24) is 9.80 Å². The Bertz CT molecular complexity index is 911. The maximum atomic E-state index is 12.7. The van der Waals surface area contributed by atoms with E-state index >= 15 is 0 Å². The summed E-state index contributed by atoms with van der Waals surface area (Å²) in [5.41, 5.74) is 1.60. The largest absolute Gasteiger partial charge is 0.493 e. The van der Waals surface area contributed by atoms with Gasteiger partial charge in [0, 0.05) is 18.1 Å². The molecule has 1 heterocycles. The monoisotopic (exact) mass is 488 g/mol. The average Bonchev–Trinajstić information content (AvgIpc) is 2.74. The maximum absolute atomic E-state index is 12.7. The number of carbonyl (C=O) groups excluding carboxylic acids is 1. The number of hydrogen-bond acceptors (Lipinski definition) is 5. The van der Waals surface area contributed by atoms with Crippen LogP contribution in [0.25, 0.3) is 0 Å². The second-order valence-electron chi connectivity index (χ2n) is 7.20. The molecular formula is C22H27Cl3N2O4. The smallest absolute Gasteiger partial charge is 0.260 e. The minimum Gasteiger partial charge on any atom is -0.493 e. The quantitative estimate of drug-likeness (QED) is 0.507. The number of fused-ring (bicyclic) bond motifs is 1. The highest BCUT2D eigenvalue weighted by Gasteiger charge is 2.27. The summed E-state index contributed by atoms with van der Waals surface area (Å²) in [4.78, 5) is 16.6. The Morgan fingerprint density at radius 2 is 1.84 bits per heavy atom. The van der Waals surface area contributed by atoms with E-state index < -0.39 is 0 Å². The third-order valence-electron chi connectivity index (χ3n) is 5.09. The van der Waals surface area contributed by atoms with Crippen LogP contribution in [0, 0.1) is 0 Å². The topological polar surface area (TPSA) is 51.2 Å².